The van der Waals surface area contributed by atoms with Crippen LogP contribution in [0.1, 0.15) is 27.7 Å². The molecule has 0 saturated heterocycles. The van der Waals surface area contributed by atoms with Crippen molar-refractivity contribution in [3.63, 3.8) is 0 Å². The molecule has 4 N–H and O–H groups in total. The molecule has 0 spiro atoms. The molecule has 0 fully saturated rings. The lowest BCUT2D eigenvalue weighted by molar-refractivity contribution is 0.104. The van der Waals surface area contributed by atoms with Crippen molar-refractivity contribution in [2.24, 2.45) is 0 Å². The summed E-state index contributed by atoms with van der Waals surface area (Å²) >= 11 is 1.12. The number of nitrogen functional groups attached to an aromatic ring is 2. The molecule has 0 aliphatic carbocycles. The molecule has 36 heavy (non-hydrogen) atoms. The maximum Gasteiger partial charge on any atom is 0.205 e. The average molecular weight is 505 g/mol. The Hall–Kier alpha value is -4.49. The summed E-state index contributed by atoms with van der Waals surface area (Å²) in [6.07, 6.45) is 0. The van der Waals surface area contributed by atoms with Gasteiger partial charge in [-0.2, -0.15) is 5.26 Å². The van der Waals surface area contributed by atoms with Crippen molar-refractivity contribution in [2.75, 3.05) is 39.4 Å². The van der Waals surface area contributed by atoms with E-state index in [-0.39, 0.29) is 22.9 Å². The Labute approximate surface area is 211 Å². The number of carbonyl (C=O) groups excluding carboxylic acids is 1. The molecule has 2 aromatic heterocycles. The molecule has 0 bridgehead atoms. The zero-order valence-corrected chi connectivity index (χ0v) is 21.0. The van der Waals surface area contributed by atoms with Crippen LogP contribution in [-0.4, -0.2) is 38.7 Å². The third-order valence-corrected chi connectivity index (χ3v) is 6.70. The Morgan fingerprint density at radius 3 is 2.22 bits per heavy atom. The van der Waals surface area contributed by atoms with Gasteiger partial charge in [0, 0.05) is 16.5 Å². The van der Waals surface area contributed by atoms with Crippen molar-refractivity contribution >= 4 is 38.8 Å². The predicted octanol–water partition coefficient (Wildman–Crippen LogP) is 4.65. The Morgan fingerprint density at radius 2 is 1.69 bits per heavy atom. The molecule has 0 saturated carbocycles. The number of benzene rings is 2. The molecule has 2 heterocycles. The molecule has 9 nitrogen and oxygen atoms in total. The number of hydrogen-bond acceptors (Lipinski definition) is 10. The first-order valence-corrected chi connectivity index (χ1v) is 11.7. The van der Waals surface area contributed by atoms with Crippen molar-refractivity contribution < 1.29 is 23.7 Å². The van der Waals surface area contributed by atoms with Gasteiger partial charge in [-0.3, -0.25) is 4.79 Å². The lowest BCUT2D eigenvalue weighted by atomic mass is 9.96. The molecule has 0 amide bonds. The highest BCUT2D eigenvalue weighted by Gasteiger charge is 2.26. The zero-order valence-electron chi connectivity index (χ0n) is 20.2. The van der Waals surface area contributed by atoms with Crippen LogP contribution < -0.4 is 30.4 Å². The van der Waals surface area contributed by atoms with Crippen LogP contribution in [0.5, 0.6) is 23.0 Å². The summed E-state index contributed by atoms with van der Waals surface area (Å²) in [6, 6.07) is 12.3. The van der Waals surface area contributed by atoms with Gasteiger partial charge in [-0.05, 0) is 48.9 Å². The summed E-state index contributed by atoms with van der Waals surface area (Å²) in [5.41, 5.74) is 14.5. The minimum Gasteiger partial charge on any atom is -0.494 e. The highest BCUT2D eigenvalue weighted by Crippen LogP contribution is 2.47. The summed E-state index contributed by atoms with van der Waals surface area (Å²) < 4.78 is 21.9. The number of carbonyl (C=O) groups is 1. The van der Waals surface area contributed by atoms with Gasteiger partial charge in [-0.25, -0.2) is 4.98 Å². The lowest BCUT2D eigenvalue weighted by Gasteiger charge is -2.16. The van der Waals surface area contributed by atoms with Crippen molar-refractivity contribution in [1.29, 1.82) is 5.26 Å². The molecule has 4 aromatic rings. The Balaban J connectivity index is 1.96. The summed E-state index contributed by atoms with van der Waals surface area (Å²) in [5.74, 6) is 1.58. The fourth-order valence-electron chi connectivity index (χ4n) is 3.97. The monoisotopic (exact) mass is 504 g/mol. The quantitative estimate of drug-likeness (QED) is 0.328. The molecular formula is C26H24N4O5S. The van der Waals surface area contributed by atoms with Gasteiger partial charge in [0.15, 0.2) is 11.5 Å². The summed E-state index contributed by atoms with van der Waals surface area (Å²) in [7, 11) is 4.49. The van der Waals surface area contributed by atoms with E-state index in [0.717, 1.165) is 11.3 Å². The predicted molar refractivity (Wildman–Crippen MR) is 139 cm³/mol. The van der Waals surface area contributed by atoms with Crippen molar-refractivity contribution in [3.05, 3.63) is 52.4 Å². The van der Waals surface area contributed by atoms with E-state index >= 15 is 0 Å². The second kappa shape index (κ2) is 10.0. The number of anilines is 2. The first-order chi connectivity index (χ1) is 17.4. The number of methoxy groups -OCH3 is 3. The number of pyridine rings is 1. The van der Waals surface area contributed by atoms with E-state index in [9.17, 15) is 10.1 Å². The third kappa shape index (κ3) is 4.10. The van der Waals surface area contributed by atoms with Crippen LogP contribution in [-0.2, 0) is 0 Å². The molecule has 0 atom stereocenters. The topological polar surface area (TPSA) is 143 Å². The van der Waals surface area contributed by atoms with Gasteiger partial charge in [0.05, 0.1) is 33.6 Å². The second-order valence-corrected chi connectivity index (χ2v) is 8.58. The Kier molecular flexibility index (Phi) is 6.85. The number of thiophene rings is 1. The SMILES string of the molecule is CCOc1ccc(C(=O)c2sc3nc(N)c(C#N)c(-c4cc(OC)c(OC)c(OC)c4)c3c2N)cc1. The number of nitrogens with zero attached hydrogens (tertiary/aromatic N) is 2. The zero-order chi connectivity index (χ0) is 26.0. The first kappa shape index (κ1) is 24.6. The molecule has 2 aromatic carbocycles. The Bertz CT molecular complexity index is 1480. The van der Waals surface area contributed by atoms with E-state index in [2.05, 4.69) is 11.1 Å². The number of nitrogens with two attached hydrogens (primary N) is 2. The van der Waals surface area contributed by atoms with Gasteiger partial charge >= 0.3 is 0 Å². The van der Waals surface area contributed by atoms with Gasteiger partial charge in [0.25, 0.3) is 0 Å². The van der Waals surface area contributed by atoms with Crippen LogP contribution >= 0.6 is 11.3 Å². The number of hydrogen-bond donors (Lipinski definition) is 2. The Morgan fingerprint density at radius 1 is 1.06 bits per heavy atom. The number of ether oxygens (including phenoxy) is 4. The van der Waals surface area contributed by atoms with Crippen LogP contribution in [0.2, 0.25) is 0 Å². The summed E-state index contributed by atoms with van der Waals surface area (Å²) in [5, 5.41) is 10.4. The molecule has 4 rings (SSSR count). The lowest BCUT2D eigenvalue weighted by Crippen LogP contribution is -2.03. The first-order valence-electron chi connectivity index (χ1n) is 10.9. The fraction of sp³-hybridized carbons (Fsp3) is 0.192. The van der Waals surface area contributed by atoms with E-state index in [1.807, 2.05) is 6.92 Å². The second-order valence-electron chi connectivity index (χ2n) is 7.58. The average Bonchev–Trinajstić information content (AvgIpc) is 3.22. The van der Waals surface area contributed by atoms with E-state index < -0.39 is 0 Å². The van der Waals surface area contributed by atoms with Crippen molar-refractivity contribution in [3.8, 4) is 40.2 Å². The number of ketones is 1. The van der Waals surface area contributed by atoms with Gasteiger partial charge < -0.3 is 30.4 Å². The van der Waals surface area contributed by atoms with Gasteiger partial charge in [-0.15, -0.1) is 11.3 Å². The maximum atomic E-state index is 13.4. The number of nitriles is 1. The minimum atomic E-state index is -0.272. The molecule has 0 aliphatic rings. The smallest absolute Gasteiger partial charge is 0.205 e. The summed E-state index contributed by atoms with van der Waals surface area (Å²) in [4.78, 5) is 18.5. The highest BCUT2D eigenvalue weighted by molar-refractivity contribution is 7.21. The maximum absolute atomic E-state index is 13.4. The molecule has 0 unspecified atom stereocenters. The number of rotatable bonds is 8. The molecular weight excluding hydrogens is 480 g/mol. The summed E-state index contributed by atoms with van der Waals surface area (Å²) in [6.45, 7) is 2.41. The van der Waals surface area contributed by atoms with Crippen LogP contribution in [0.25, 0.3) is 21.3 Å². The van der Waals surface area contributed by atoms with E-state index in [1.54, 1.807) is 36.4 Å². The van der Waals surface area contributed by atoms with Crippen molar-refractivity contribution in [2.45, 2.75) is 6.92 Å². The van der Waals surface area contributed by atoms with Crippen LogP contribution in [0.15, 0.2) is 36.4 Å². The standard InChI is InChI=1S/C26H24N4O5S/c1-5-35-15-8-6-13(7-9-15)22(31)24-21(28)20-19(16(12-27)25(29)30-26(20)36-24)14-10-17(32-2)23(34-4)18(11-14)33-3/h6-11H,5,28H2,1-4H3,(H2,29,30). The third-order valence-electron chi connectivity index (χ3n) is 5.60. The van der Waals surface area contributed by atoms with Gasteiger partial charge in [0.2, 0.25) is 11.5 Å². The van der Waals surface area contributed by atoms with Crippen LogP contribution in [0.4, 0.5) is 11.5 Å². The van der Waals surface area contributed by atoms with Crippen LogP contribution in [0, 0.1) is 11.3 Å². The number of fused-ring (bicyclic) bond motifs is 1. The molecule has 10 heteroatoms. The largest absolute Gasteiger partial charge is 0.494 e. The van der Waals surface area contributed by atoms with Crippen molar-refractivity contribution in [1.82, 2.24) is 4.98 Å². The van der Waals surface area contributed by atoms with Crippen LogP contribution in [0.3, 0.4) is 0 Å². The molecule has 0 aliphatic heterocycles. The van der Waals surface area contributed by atoms with Gasteiger partial charge in [0.1, 0.15) is 32.9 Å². The van der Waals surface area contributed by atoms with E-state index in [0.29, 0.717) is 61.4 Å². The number of aromatic nitrogens is 1. The minimum absolute atomic E-state index is 0.0232. The normalized spacial score (nSPS) is 10.6. The van der Waals surface area contributed by atoms with E-state index in [1.165, 1.54) is 21.3 Å². The highest BCUT2D eigenvalue weighted by atomic mass is 32.1. The van der Waals surface area contributed by atoms with E-state index in [4.69, 9.17) is 30.4 Å². The molecule has 184 valence electrons. The fourth-order valence-corrected chi connectivity index (χ4v) is 5.04. The molecule has 0 radical (unpaired) electrons. The van der Waals surface area contributed by atoms with Gasteiger partial charge in [-0.1, -0.05) is 0 Å².